The van der Waals surface area contributed by atoms with E-state index in [-0.39, 0.29) is 12.0 Å². The Morgan fingerprint density at radius 2 is 1.88 bits per heavy atom. The van der Waals surface area contributed by atoms with Crippen LogP contribution in [0.1, 0.15) is 24.6 Å². The molecule has 164 valence electrons. The van der Waals surface area contributed by atoms with Crippen LogP contribution in [-0.2, 0) is 0 Å². The van der Waals surface area contributed by atoms with Crippen molar-refractivity contribution in [2.45, 2.75) is 24.9 Å². The number of rotatable bonds is 4. The van der Waals surface area contributed by atoms with Crippen LogP contribution in [0.25, 0.3) is 27.7 Å². The van der Waals surface area contributed by atoms with E-state index in [1.807, 2.05) is 65.2 Å². The Labute approximate surface area is 194 Å². The van der Waals surface area contributed by atoms with E-state index in [1.165, 1.54) is 0 Å². The lowest BCUT2D eigenvalue weighted by molar-refractivity contribution is 0.0715. The highest BCUT2D eigenvalue weighted by atomic mass is 35.5. The van der Waals surface area contributed by atoms with Crippen molar-refractivity contribution in [3.8, 4) is 22.9 Å². The number of nitrogens with two attached hydrogens (primary N) is 1. The van der Waals surface area contributed by atoms with Crippen LogP contribution in [0.2, 0.25) is 5.02 Å². The number of imidazole rings is 1. The first-order valence-electron chi connectivity index (χ1n) is 10.7. The van der Waals surface area contributed by atoms with Gasteiger partial charge in [0, 0.05) is 35.3 Å². The van der Waals surface area contributed by atoms with Crippen LogP contribution in [0.4, 0.5) is 5.82 Å². The van der Waals surface area contributed by atoms with E-state index in [2.05, 4.69) is 9.97 Å². The molecular weight excluding hydrogens is 438 g/mol. The number of nitrogens with zero attached hydrogens (tertiary/aromatic N) is 4. The van der Waals surface area contributed by atoms with Crippen LogP contribution in [0.15, 0.2) is 67.0 Å². The number of para-hydroxylation sites is 1. The number of aliphatic hydroxyl groups is 1. The molecule has 0 amide bonds. The van der Waals surface area contributed by atoms with E-state index in [9.17, 15) is 5.11 Å². The zero-order valence-electron chi connectivity index (χ0n) is 17.5. The lowest BCUT2D eigenvalue weighted by atomic mass is 9.82. The number of fused-ring (bicyclic) bond motifs is 2. The Morgan fingerprint density at radius 3 is 2.67 bits per heavy atom. The second-order valence-corrected chi connectivity index (χ2v) is 8.67. The molecule has 5 aromatic rings. The molecule has 0 atom stereocenters. The van der Waals surface area contributed by atoms with Gasteiger partial charge in [0.1, 0.15) is 28.6 Å². The van der Waals surface area contributed by atoms with Crippen molar-refractivity contribution < 1.29 is 9.84 Å². The molecule has 0 aliphatic heterocycles. The van der Waals surface area contributed by atoms with Crippen molar-refractivity contribution in [2.24, 2.45) is 0 Å². The highest BCUT2D eigenvalue weighted by molar-refractivity contribution is 6.34. The number of nitrogen functional groups attached to an aromatic ring is 1. The molecule has 8 heteroatoms. The Kier molecular flexibility index (Phi) is 4.67. The molecule has 0 spiro atoms. The maximum Gasteiger partial charge on any atom is 0.219 e. The van der Waals surface area contributed by atoms with Gasteiger partial charge in [-0.25, -0.2) is 15.0 Å². The number of anilines is 1. The molecule has 6 rings (SSSR count). The fraction of sp³-hybridized carbons (Fsp3) is 0.160. The first-order chi connectivity index (χ1) is 16.1. The molecule has 0 saturated heterocycles. The summed E-state index contributed by atoms with van der Waals surface area (Å²) >= 11 is 6.71. The van der Waals surface area contributed by atoms with Gasteiger partial charge in [-0.05, 0) is 43.2 Å². The van der Waals surface area contributed by atoms with Gasteiger partial charge < -0.3 is 15.6 Å². The third-order valence-corrected chi connectivity index (χ3v) is 6.37. The van der Waals surface area contributed by atoms with E-state index >= 15 is 0 Å². The van der Waals surface area contributed by atoms with Gasteiger partial charge in [-0.1, -0.05) is 29.8 Å². The SMILES string of the molecule is Nc1nccn2c(C3CC(O)C3)nc(-c3cc4nc(Oc5ccccc5)ccc4cc3Cl)c12. The smallest absolute Gasteiger partial charge is 0.219 e. The molecule has 3 heterocycles. The Balaban J connectivity index is 1.49. The third kappa shape index (κ3) is 3.46. The van der Waals surface area contributed by atoms with Crippen molar-refractivity contribution in [1.82, 2.24) is 19.4 Å². The number of halogens is 1. The molecule has 33 heavy (non-hydrogen) atoms. The van der Waals surface area contributed by atoms with Crippen molar-refractivity contribution in [3.05, 3.63) is 77.8 Å². The van der Waals surface area contributed by atoms with Crippen LogP contribution in [-0.4, -0.2) is 30.6 Å². The minimum atomic E-state index is -0.290. The summed E-state index contributed by atoms with van der Waals surface area (Å²) in [5, 5.41) is 11.2. The summed E-state index contributed by atoms with van der Waals surface area (Å²) in [6.07, 6.45) is 4.56. The lowest BCUT2D eigenvalue weighted by Gasteiger charge is -2.30. The molecule has 3 N–H and O–H groups in total. The second kappa shape index (κ2) is 7.72. The van der Waals surface area contributed by atoms with E-state index < -0.39 is 0 Å². The number of pyridine rings is 1. The lowest BCUT2D eigenvalue weighted by Crippen LogP contribution is -2.27. The van der Waals surface area contributed by atoms with Gasteiger partial charge in [-0.15, -0.1) is 0 Å². The van der Waals surface area contributed by atoms with Gasteiger partial charge in [0.05, 0.1) is 16.6 Å². The number of aromatic nitrogens is 4. The number of aliphatic hydroxyl groups excluding tert-OH is 1. The average Bonchev–Trinajstić information content (AvgIpc) is 3.18. The highest BCUT2D eigenvalue weighted by Gasteiger charge is 2.33. The second-order valence-electron chi connectivity index (χ2n) is 8.26. The first-order valence-corrected chi connectivity index (χ1v) is 11.1. The van der Waals surface area contributed by atoms with E-state index in [1.54, 1.807) is 6.20 Å². The summed E-state index contributed by atoms with van der Waals surface area (Å²) in [5.41, 5.74) is 9.07. The molecule has 1 aliphatic rings. The summed E-state index contributed by atoms with van der Waals surface area (Å²) in [4.78, 5) is 13.9. The normalized spacial score (nSPS) is 17.9. The summed E-state index contributed by atoms with van der Waals surface area (Å²) in [7, 11) is 0. The quantitative estimate of drug-likeness (QED) is 0.384. The van der Waals surface area contributed by atoms with E-state index in [4.69, 9.17) is 27.1 Å². The number of hydrogen-bond donors (Lipinski definition) is 2. The molecule has 0 radical (unpaired) electrons. The molecule has 7 nitrogen and oxygen atoms in total. The van der Waals surface area contributed by atoms with Gasteiger partial charge in [-0.3, -0.25) is 4.40 Å². The maximum absolute atomic E-state index is 9.81. The predicted octanol–water partition coefficient (Wildman–Crippen LogP) is 5.21. The Morgan fingerprint density at radius 1 is 1.06 bits per heavy atom. The monoisotopic (exact) mass is 457 g/mol. The van der Waals surface area contributed by atoms with Crippen LogP contribution in [0.5, 0.6) is 11.6 Å². The third-order valence-electron chi connectivity index (χ3n) is 6.06. The van der Waals surface area contributed by atoms with Crippen LogP contribution >= 0.6 is 11.6 Å². The number of ether oxygens (including phenoxy) is 1. The van der Waals surface area contributed by atoms with Gasteiger partial charge in [0.2, 0.25) is 5.88 Å². The van der Waals surface area contributed by atoms with Crippen molar-refractivity contribution >= 4 is 33.8 Å². The molecular formula is C25H20ClN5O2. The average molecular weight is 458 g/mol. The van der Waals surface area contributed by atoms with Gasteiger partial charge in [0.25, 0.3) is 0 Å². The fourth-order valence-corrected chi connectivity index (χ4v) is 4.60. The summed E-state index contributed by atoms with van der Waals surface area (Å²) in [5.74, 6) is 2.58. The van der Waals surface area contributed by atoms with Gasteiger partial charge >= 0.3 is 0 Å². The van der Waals surface area contributed by atoms with Crippen LogP contribution in [0.3, 0.4) is 0 Å². The van der Waals surface area contributed by atoms with Gasteiger partial charge in [-0.2, -0.15) is 0 Å². The standard InChI is InChI=1S/C25H20ClN5O2/c26-19-12-14-6-7-21(33-17-4-2-1-3-5-17)29-20(14)13-18(19)22-23-24(27)28-8-9-31(23)25(30-22)15-10-16(32)11-15/h1-9,12-13,15-16,32H,10-11H2,(H2,27,28). The number of hydrogen-bond acceptors (Lipinski definition) is 6. The first kappa shape index (κ1) is 20.0. The zero-order valence-corrected chi connectivity index (χ0v) is 18.3. The van der Waals surface area contributed by atoms with Crippen LogP contribution < -0.4 is 10.5 Å². The molecule has 1 aliphatic carbocycles. The molecule has 1 fully saturated rings. The van der Waals surface area contributed by atoms with Crippen molar-refractivity contribution in [1.29, 1.82) is 0 Å². The minimum Gasteiger partial charge on any atom is -0.439 e. The highest BCUT2D eigenvalue weighted by Crippen LogP contribution is 2.41. The van der Waals surface area contributed by atoms with E-state index in [0.717, 1.165) is 22.3 Å². The molecule has 1 saturated carbocycles. The fourth-order valence-electron chi connectivity index (χ4n) is 4.33. The van der Waals surface area contributed by atoms with Crippen LogP contribution in [0, 0.1) is 0 Å². The topological polar surface area (TPSA) is 98.6 Å². The summed E-state index contributed by atoms with van der Waals surface area (Å²) < 4.78 is 7.86. The Hall–Kier alpha value is -3.68. The largest absolute Gasteiger partial charge is 0.439 e. The zero-order chi connectivity index (χ0) is 22.5. The summed E-state index contributed by atoms with van der Waals surface area (Å²) in [6.45, 7) is 0. The molecule has 3 aromatic heterocycles. The Bertz CT molecular complexity index is 1500. The van der Waals surface area contributed by atoms with E-state index in [0.29, 0.717) is 46.5 Å². The summed E-state index contributed by atoms with van der Waals surface area (Å²) in [6, 6.07) is 17.0. The van der Waals surface area contributed by atoms with Crippen molar-refractivity contribution in [2.75, 3.05) is 5.73 Å². The molecule has 0 unspecified atom stereocenters. The predicted molar refractivity (Wildman–Crippen MR) is 128 cm³/mol. The molecule has 0 bridgehead atoms. The molecule has 2 aromatic carbocycles. The minimum absolute atomic E-state index is 0.159. The number of benzene rings is 2. The van der Waals surface area contributed by atoms with Crippen molar-refractivity contribution in [3.63, 3.8) is 0 Å². The van der Waals surface area contributed by atoms with Gasteiger partial charge in [0.15, 0.2) is 0 Å². The maximum atomic E-state index is 9.81.